The number of carbonyl (C=O) groups is 2. The molecule has 23 heavy (non-hydrogen) atoms. The quantitative estimate of drug-likeness (QED) is 0.718. The van der Waals surface area contributed by atoms with Crippen molar-refractivity contribution < 1.29 is 14.3 Å². The van der Waals surface area contributed by atoms with Crippen LogP contribution >= 0.6 is 39.1 Å². The molecule has 2 rings (SSSR count). The third-order valence-electron chi connectivity index (χ3n) is 2.94. The molecule has 0 heterocycles. The summed E-state index contributed by atoms with van der Waals surface area (Å²) >= 11 is 15.2. The Morgan fingerprint density at radius 2 is 1.78 bits per heavy atom. The fourth-order valence-electron chi connectivity index (χ4n) is 1.70. The lowest BCUT2D eigenvalue weighted by molar-refractivity contribution is -0.123. The second-order valence-corrected chi connectivity index (χ2v) is 6.35. The average molecular weight is 417 g/mol. The molecule has 0 aromatic heterocycles. The highest BCUT2D eigenvalue weighted by molar-refractivity contribution is 9.10. The zero-order valence-corrected chi connectivity index (χ0v) is 15.1. The molecule has 0 bridgehead atoms. The summed E-state index contributed by atoms with van der Waals surface area (Å²) in [5.41, 5.74) is 0.712. The number of amides is 1. The van der Waals surface area contributed by atoms with Crippen LogP contribution in [0.1, 0.15) is 17.3 Å². The Balaban J connectivity index is 2.01. The van der Waals surface area contributed by atoms with Gasteiger partial charge in [-0.05, 0) is 43.3 Å². The Morgan fingerprint density at radius 1 is 1.13 bits per heavy atom. The van der Waals surface area contributed by atoms with E-state index in [4.69, 9.17) is 27.9 Å². The van der Waals surface area contributed by atoms with E-state index >= 15 is 0 Å². The number of nitrogens with one attached hydrogen (secondary N) is 1. The van der Waals surface area contributed by atoms with Crippen LogP contribution in [-0.2, 0) is 9.53 Å². The molecule has 2 aromatic carbocycles. The van der Waals surface area contributed by atoms with E-state index < -0.39 is 18.0 Å². The van der Waals surface area contributed by atoms with Gasteiger partial charge in [-0.15, -0.1) is 0 Å². The lowest BCUT2D eigenvalue weighted by atomic mass is 10.2. The number of hydrogen-bond acceptors (Lipinski definition) is 3. The van der Waals surface area contributed by atoms with Crippen molar-refractivity contribution in [3.63, 3.8) is 0 Å². The largest absolute Gasteiger partial charge is 0.449 e. The van der Waals surface area contributed by atoms with Crippen molar-refractivity contribution in [1.82, 2.24) is 0 Å². The molecule has 0 aliphatic rings. The van der Waals surface area contributed by atoms with E-state index in [1.54, 1.807) is 42.5 Å². The first-order chi connectivity index (χ1) is 10.9. The van der Waals surface area contributed by atoms with Crippen LogP contribution in [0.4, 0.5) is 5.69 Å². The Bertz CT molecular complexity index is 735. The van der Waals surface area contributed by atoms with Gasteiger partial charge in [0.05, 0.1) is 21.3 Å². The number of rotatable bonds is 4. The lowest BCUT2D eigenvalue weighted by Gasteiger charge is -2.14. The molecule has 0 radical (unpaired) electrons. The number of benzene rings is 2. The summed E-state index contributed by atoms with van der Waals surface area (Å²) in [6.07, 6.45) is -0.985. The van der Waals surface area contributed by atoms with Crippen LogP contribution in [0.5, 0.6) is 0 Å². The molecular weight excluding hydrogens is 405 g/mol. The van der Waals surface area contributed by atoms with Gasteiger partial charge in [0.15, 0.2) is 6.10 Å². The molecule has 1 amide bonds. The molecule has 0 fully saturated rings. The van der Waals surface area contributed by atoms with E-state index in [0.29, 0.717) is 16.3 Å². The summed E-state index contributed by atoms with van der Waals surface area (Å²) in [5, 5.41) is 3.13. The Labute approximate surface area is 151 Å². The number of esters is 1. The van der Waals surface area contributed by atoms with E-state index in [1.807, 2.05) is 0 Å². The SMILES string of the molecule is CC(OC(=O)c1ccc(Br)cc1)C(=O)Nc1cccc(Cl)c1Cl. The van der Waals surface area contributed by atoms with Crippen molar-refractivity contribution in [2.45, 2.75) is 13.0 Å². The first-order valence-corrected chi connectivity index (χ1v) is 8.15. The molecule has 0 saturated heterocycles. The van der Waals surface area contributed by atoms with Crippen LogP contribution < -0.4 is 5.32 Å². The highest BCUT2D eigenvalue weighted by Gasteiger charge is 2.20. The first kappa shape index (κ1) is 17.8. The summed E-state index contributed by atoms with van der Waals surface area (Å²) in [7, 11) is 0. The van der Waals surface area contributed by atoms with E-state index in [9.17, 15) is 9.59 Å². The minimum Gasteiger partial charge on any atom is -0.449 e. The standard InChI is InChI=1S/C16H12BrCl2NO3/c1-9(23-16(22)10-5-7-11(17)8-6-10)15(21)20-13-4-2-3-12(18)14(13)19/h2-9H,1H3,(H,20,21). The summed E-state index contributed by atoms with van der Waals surface area (Å²) in [6.45, 7) is 1.48. The highest BCUT2D eigenvalue weighted by Crippen LogP contribution is 2.29. The minimum absolute atomic E-state index is 0.231. The maximum absolute atomic E-state index is 12.1. The molecule has 0 saturated carbocycles. The average Bonchev–Trinajstić information content (AvgIpc) is 2.52. The molecule has 1 unspecified atom stereocenters. The van der Waals surface area contributed by atoms with Gasteiger partial charge in [-0.3, -0.25) is 4.79 Å². The molecule has 0 aliphatic carbocycles. The van der Waals surface area contributed by atoms with Gasteiger partial charge >= 0.3 is 5.97 Å². The Kier molecular flexibility index (Phi) is 6.04. The van der Waals surface area contributed by atoms with Crippen molar-refractivity contribution in [3.8, 4) is 0 Å². The maximum atomic E-state index is 12.1. The van der Waals surface area contributed by atoms with Crippen LogP contribution in [0.25, 0.3) is 0 Å². The molecule has 1 N–H and O–H groups in total. The number of halogens is 3. The third-order valence-corrected chi connectivity index (χ3v) is 4.29. The first-order valence-electron chi connectivity index (χ1n) is 6.60. The molecule has 7 heteroatoms. The predicted molar refractivity (Wildman–Crippen MR) is 94.1 cm³/mol. The molecule has 1 atom stereocenters. The number of hydrogen-bond donors (Lipinski definition) is 1. The van der Waals surface area contributed by atoms with Gasteiger partial charge < -0.3 is 10.1 Å². The monoisotopic (exact) mass is 415 g/mol. The summed E-state index contributed by atoms with van der Waals surface area (Å²) < 4.78 is 5.98. The van der Waals surface area contributed by atoms with Gasteiger partial charge in [0.25, 0.3) is 5.91 Å². The van der Waals surface area contributed by atoms with Gasteiger partial charge in [-0.1, -0.05) is 45.2 Å². The number of ether oxygens (including phenoxy) is 1. The third kappa shape index (κ3) is 4.70. The second kappa shape index (κ2) is 7.81. The summed E-state index contributed by atoms with van der Waals surface area (Å²) in [4.78, 5) is 24.1. The van der Waals surface area contributed by atoms with Crippen molar-refractivity contribution in [1.29, 1.82) is 0 Å². The van der Waals surface area contributed by atoms with Gasteiger partial charge in [-0.2, -0.15) is 0 Å². The van der Waals surface area contributed by atoms with Crippen LogP contribution in [0.3, 0.4) is 0 Å². The van der Waals surface area contributed by atoms with Gasteiger partial charge in [0, 0.05) is 4.47 Å². The van der Waals surface area contributed by atoms with Crippen molar-refractivity contribution >= 4 is 56.7 Å². The van der Waals surface area contributed by atoms with Crippen molar-refractivity contribution in [2.75, 3.05) is 5.32 Å². The highest BCUT2D eigenvalue weighted by atomic mass is 79.9. The molecular formula is C16H12BrCl2NO3. The number of anilines is 1. The molecule has 4 nitrogen and oxygen atoms in total. The molecule has 120 valence electrons. The van der Waals surface area contributed by atoms with Crippen molar-refractivity contribution in [3.05, 3.63) is 62.5 Å². The lowest BCUT2D eigenvalue weighted by Crippen LogP contribution is -2.30. The Morgan fingerprint density at radius 3 is 2.43 bits per heavy atom. The maximum Gasteiger partial charge on any atom is 0.338 e. The molecule has 0 spiro atoms. The van der Waals surface area contributed by atoms with Crippen LogP contribution in [-0.4, -0.2) is 18.0 Å². The normalized spacial score (nSPS) is 11.7. The zero-order valence-electron chi connectivity index (χ0n) is 12.0. The predicted octanol–water partition coefficient (Wildman–Crippen LogP) is 4.94. The molecule has 2 aromatic rings. The van der Waals surface area contributed by atoms with Crippen LogP contribution in [0.15, 0.2) is 46.9 Å². The van der Waals surface area contributed by atoms with E-state index in [0.717, 1.165) is 4.47 Å². The van der Waals surface area contributed by atoms with Crippen LogP contribution in [0.2, 0.25) is 10.0 Å². The van der Waals surface area contributed by atoms with Gasteiger partial charge in [0.1, 0.15) is 0 Å². The summed E-state index contributed by atoms with van der Waals surface area (Å²) in [6, 6.07) is 11.5. The smallest absolute Gasteiger partial charge is 0.338 e. The van der Waals surface area contributed by atoms with E-state index in [1.165, 1.54) is 6.92 Å². The second-order valence-electron chi connectivity index (χ2n) is 4.65. The fourth-order valence-corrected chi connectivity index (χ4v) is 2.31. The van der Waals surface area contributed by atoms with E-state index in [-0.39, 0.29) is 5.02 Å². The number of carbonyl (C=O) groups excluding carboxylic acids is 2. The molecule has 0 aliphatic heterocycles. The van der Waals surface area contributed by atoms with E-state index in [2.05, 4.69) is 21.2 Å². The van der Waals surface area contributed by atoms with Gasteiger partial charge in [-0.25, -0.2) is 4.79 Å². The topological polar surface area (TPSA) is 55.4 Å². The Hall–Kier alpha value is -1.56. The van der Waals surface area contributed by atoms with Crippen molar-refractivity contribution in [2.24, 2.45) is 0 Å². The zero-order chi connectivity index (χ0) is 17.0. The van der Waals surface area contributed by atoms with Gasteiger partial charge in [0.2, 0.25) is 0 Å². The summed E-state index contributed by atoms with van der Waals surface area (Å²) in [5.74, 6) is -1.09. The van der Waals surface area contributed by atoms with Crippen LogP contribution in [0, 0.1) is 0 Å². The minimum atomic E-state index is -0.985. The fraction of sp³-hybridized carbons (Fsp3) is 0.125.